The van der Waals surface area contributed by atoms with Crippen LogP contribution in [0.1, 0.15) is 65.8 Å². The quantitative estimate of drug-likeness (QED) is 0.0690. The lowest BCUT2D eigenvalue weighted by Gasteiger charge is -2.39. The number of benzene rings is 3. The Hall–Kier alpha value is -5.68. The van der Waals surface area contributed by atoms with Gasteiger partial charge in [-0.3, -0.25) is 14.7 Å². The molecule has 0 aliphatic carbocycles. The molecule has 0 unspecified atom stereocenters. The van der Waals surface area contributed by atoms with Gasteiger partial charge in [-0.2, -0.15) is 5.10 Å². The largest absolute Gasteiger partial charge is 0.508 e. The second-order valence-corrected chi connectivity index (χ2v) is 18.5. The minimum absolute atomic E-state index is 0.0488. The van der Waals surface area contributed by atoms with Crippen molar-refractivity contribution in [1.29, 1.82) is 0 Å². The predicted molar refractivity (Wildman–Crippen MR) is 251 cm³/mol. The number of amidine groups is 1. The summed E-state index contributed by atoms with van der Waals surface area (Å²) < 4.78 is 17.0. The number of hydrogen-bond acceptors (Lipinski definition) is 12. The Labute approximate surface area is 381 Å². The summed E-state index contributed by atoms with van der Waals surface area (Å²) in [7, 11) is 0. The molecule has 8 rings (SSSR count). The number of hydrogen-bond donors (Lipinski definition) is 3. The Bertz CT molecular complexity index is 2600. The summed E-state index contributed by atoms with van der Waals surface area (Å²) in [6.45, 7) is 18.2. The van der Waals surface area contributed by atoms with Crippen LogP contribution in [-0.4, -0.2) is 127 Å². The Morgan fingerprint density at radius 2 is 1.66 bits per heavy atom. The molecular weight excluding hydrogens is 855 g/mol. The first kappa shape index (κ1) is 44.9. The van der Waals surface area contributed by atoms with Gasteiger partial charge in [0.05, 0.1) is 29.4 Å². The highest BCUT2D eigenvalue weighted by Gasteiger charge is 2.33. The lowest BCUT2D eigenvalue weighted by Crippen LogP contribution is -2.49. The van der Waals surface area contributed by atoms with Gasteiger partial charge in [-0.25, -0.2) is 8.96 Å². The summed E-state index contributed by atoms with van der Waals surface area (Å²) in [4.78, 5) is 29.4. The van der Waals surface area contributed by atoms with Gasteiger partial charge in [0.25, 0.3) is 0 Å². The highest BCUT2D eigenvalue weighted by Crippen LogP contribution is 2.41. The van der Waals surface area contributed by atoms with Crippen LogP contribution in [0.3, 0.4) is 0 Å². The van der Waals surface area contributed by atoms with Crippen molar-refractivity contribution in [2.24, 2.45) is 21.1 Å². The fourth-order valence-electron chi connectivity index (χ4n) is 9.04. The van der Waals surface area contributed by atoms with E-state index in [0.29, 0.717) is 66.2 Å². The number of phenols is 2. The van der Waals surface area contributed by atoms with Crippen LogP contribution >= 0.6 is 22.9 Å². The Morgan fingerprint density at radius 1 is 0.938 bits per heavy atom. The molecule has 17 heteroatoms. The average Bonchev–Trinajstić information content (AvgIpc) is 3.75. The molecule has 14 nitrogen and oxygen atoms in total. The first-order valence-corrected chi connectivity index (χ1v) is 22.9. The minimum Gasteiger partial charge on any atom is -0.508 e. The van der Waals surface area contributed by atoms with Crippen LogP contribution in [0.5, 0.6) is 17.5 Å². The molecule has 3 N–H and O–H groups in total. The number of amides is 1. The van der Waals surface area contributed by atoms with Gasteiger partial charge in [0.15, 0.2) is 5.82 Å². The monoisotopic (exact) mass is 908 g/mol. The van der Waals surface area contributed by atoms with E-state index in [0.717, 1.165) is 73.0 Å². The normalized spacial score (nSPS) is 17.9. The first-order chi connectivity index (χ1) is 30.8. The van der Waals surface area contributed by atoms with Crippen molar-refractivity contribution in [3.63, 3.8) is 0 Å². The molecule has 1 amide bonds. The van der Waals surface area contributed by atoms with Gasteiger partial charge >= 0.3 is 6.01 Å². The van der Waals surface area contributed by atoms with Crippen LogP contribution in [-0.2, 0) is 17.8 Å². The van der Waals surface area contributed by atoms with Gasteiger partial charge in [-0.05, 0) is 87.4 Å². The second kappa shape index (κ2) is 19.2. The summed E-state index contributed by atoms with van der Waals surface area (Å²) in [5.74, 6) is 0.696. The number of piperazine rings is 1. The fourth-order valence-corrected chi connectivity index (χ4v) is 10.4. The van der Waals surface area contributed by atoms with E-state index in [9.17, 15) is 20.1 Å². The van der Waals surface area contributed by atoms with Crippen molar-refractivity contribution in [3.8, 4) is 34.6 Å². The maximum Gasteiger partial charge on any atom is 0.319 e. The van der Waals surface area contributed by atoms with E-state index in [-0.39, 0.29) is 41.3 Å². The number of aromatic nitrogens is 3. The Balaban J connectivity index is 0.855. The van der Waals surface area contributed by atoms with E-state index in [1.54, 1.807) is 29.5 Å². The minimum atomic E-state index is -0.451. The summed E-state index contributed by atoms with van der Waals surface area (Å²) in [6.07, 6.45) is 2.65. The van der Waals surface area contributed by atoms with Crippen LogP contribution in [0.2, 0.25) is 5.02 Å². The Kier molecular flexibility index (Phi) is 13.5. The van der Waals surface area contributed by atoms with Crippen LogP contribution in [0.15, 0.2) is 69.8 Å². The number of phenolic OH excluding ortho intramolecular Hbond substituents is 2. The first-order valence-electron chi connectivity index (χ1n) is 21.7. The number of halogens is 2. The molecule has 0 bridgehead atoms. The highest BCUT2D eigenvalue weighted by atomic mass is 35.5. The number of carbonyl (C=O) groups is 1. The van der Waals surface area contributed by atoms with Crippen LogP contribution in [0, 0.1) is 25.6 Å². The number of carbonyl (C=O) groups excluding carboxylic acids is 1. The molecule has 3 aromatic carbocycles. The molecule has 0 radical (unpaired) electrons. The highest BCUT2D eigenvalue weighted by molar-refractivity contribution is 7.17. The van der Waals surface area contributed by atoms with E-state index in [4.69, 9.17) is 16.6 Å². The molecule has 5 aromatic rings. The molecule has 5 heterocycles. The second-order valence-electron chi connectivity index (χ2n) is 16.9. The Morgan fingerprint density at radius 3 is 2.34 bits per heavy atom. The predicted octanol–water partition coefficient (Wildman–Crippen LogP) is 7.59. The molecule has 0 spiro atoms. The standard InChI is InChI=1S/C47H54ClFN10O4S/c1-6-32-21-38(41(61)24-40(32)60)45-53-54-47(63)59(45)37-12-9-34(39(49)23-37)26-56-19-17-55(18-20-56)25-31-13-15-57(16-14-31)42(62)22-36-27-58(30(4)52-50-5)46-43(28(2)29(3)64-46)44(51-36)33-7-10-35(48)11-8-33/h7-12,21,23-24,31,36,60-61H,5-6,13-20,22,25-27H2,1-4H3,(H,54,63)/b52-30-/t36-/m0/s1. The van der Waals surface area contributed by atoms with Gasteiger partial charge in [0.2, 0.25) is 5.91 Å². The van der Waals surface area contributed by atoms with Gasteiger partial charge < -0.3 is 30.0 Å². The zero-order valence-corrected chi connectivity index (χ0v) is 38.2. The van der Waals surface area contributed by atoms with Crippen LogP contribution in [0.25, 0.3) is 17.1 Å². The molecule has 336 valence electrons. The third-order valence-electron chi connectivity index (χ3n) is 12.8. The van der Waals surface area contributed by atoms with Gasteiger partial charge in [0.1, 0.15) is 28.2 Å². The molecule has 0 saturated carbocycles. The van der Waals surface area contributed by atoms with E-state index in [2.05, 4.69) is 55.7 Å². The maximum absolute atomic E-state index is 15.7. The van der Waals surface area contributed by atoms with Gasteiger partial charge in [-0.15, -0.1) is 21.5 Å². The topological polar surface area (TPSA) is 159 Å². The SMILES string of the molecule is C=N/N=C(/C)N1C[C@H](CC(=O)N2CCC(CN3CCN(Cc4ccc(-n5c(O)nnc5-c5cc(CC)c(O)cc5O)cc4F)CC3)CC2)N=C(c2ccc(Cl)cc2)c2c1sc(C)c2C. The average molecular weight is 910 g/mol. The summed E-state index contributed by atoms with van der Waals surface area (Å²) in [6, 6.07) is 14.5. The van der Waals surface area contributed by atoms with Gasteiger partial charge in [-0.1, -0.05) is 41.8 Å². The molecule has 3 aliphatic rings. The van der Waals surface area contributed by atoms with Crippen molar-refractivity contribution in [3.05, 3.63) is 98.1 Å². The molecule has 2 fully saturated rings. The molecule has 1 atom stereocenters. The smallest absolute Gasteiger partial charge is 0.319 e. The zero-order valence-electron chi connectivity index (χ0n) is 36.6. The number of nitrogens with zero attached hydrogens (tertiary/aromatic N) is 10. The number of thiophene rings is 1. The number of aliphatic imine (C=N–C) groups is 1. The lowest BCUT2D eigenvalue weighted by atomic mass is 9.95. The van der Waals surface area contributed by atoms with E-state index >= 15 is 4.39 Å². The van der Waals surface area contributed by atoms with E-state index < -0.39 is 11.8 Å². The van der Waals surface area contributed by atoms with Crippen molar-refractivity contribution in [1.82, 2.24) is 29.5 Å². The number of likely N-dealkylation sites (tertiary alicyclic amines) is 1. The molecular formula is C47H54ClFN10O4S. The number of rotatable bonds is 11. The summed E-state index contributed by atoms with van der Waals surface area (Å²) in [5, 5.41) is 49.0. The molecule has 64 heavy (non-hydrogen) atoms. The van der Waals surface area contributed by atoms with Crippen molar-refractivity contribution >= 4 is 52.1 Å². The summed E-state index contributed by atoms with van der Waals surface area (Å²) >= 11 is 7.99. The van der Waals surface area contributed by atoms with Crippen LogP contribution in [0.4, 0.5) is 9.39 Å². The third kappa shape index (κ3) is 9.41. The number of aromatic hydroxyl groups is 3. The van der Waals surface area contributed by atoms with Gasteiger partial charge in [0, 0.05) is 98.3 Å². The summed E-state index contributed by atoms with van der Waals surface area (Å²) in [5.41, 5.74) is 5.68. The van der Waals surface area contributed by atoms with Crippen molar-refractivity contribution in [2.45, 2.75) is 66.0 Å². The number of piperidine rings is 1. The van der Waals surface area contributed by atoms with E-state index in [1.165, 1.54) is 21.6 Å². The lowest BCUT2D eigenvalue weighted by molar-refractivity contribution is -0.133. The molecule has 2 aromatic heterocycles. The van der Waals surface area contributed by atoms with Crippen molar-refractivity contribution in [2.75, 3.05) is 57.3 Å². The molecule has 3 aliphatic heterocycles. The third-order valence-corrected chi connectivity index (χ3v) is 14.3. The number of fused-ring (bicyclic) bond motifs is 1. The fraction of sp³-hybridized carbons (Fsp3) is 0.404. The number of aryl methyl sites for hydroxylation is 2. The van der Waals surface area contributed by atoms with Crippen LogP contribution < -0.4 is 4.90 Å². The van der Waals surface area contributed by atoms with Crippen molar-refractivity contribution < 1.29 is 24.5 Å². The number of anilines is 1. The van der Waals surface area contributed by atoms with E-state index in [1.807, 2.05) is 43.0 Å². The molecule has 2 saturated heterocycles. The zero-order chi connectivity index (χ0) is 45.2. The maximum atomic E-state index is 15.7.